The van der Waals surface area contributed by atoms with Gasteiger partial charge in [-0.3, -0.25) is 15.0 Å². The average molecular weight is 291 g/mol. The molecule has 0 aliphatic carbocycles. The summed E-state index contributed by atoms with van der Waals surface area (Å²) in [4.78, 5) is 12.9. The van der Waals surface area contributed by atoms with Gasteiger partial charge in [-0.05, 0) is 5.92 Å². The van der Waals surface area contributed by atoms with Crippen molar-refractivity contribution < 1.29 is 23.2 Å². The molecule has 0 aliphatic heterocycles. The molecular weight excluding hydrogens is 272 g/mol. The van der Waals surface area contributed by atoms with E-state index in [1.54, 1.807) is 6.07 Å². The van der Waals surface area contributed by atoms with Crippen molar-refractivity contribution in [2.24, 2.45) is 0 Å². The molecule has 1 aromatic rings. The first-order valence-corrected chi connectivity index (χ1v) is 6.30. The Kier molecular flexibility index (Phi) is 6.53. The first-order chi connectivity index (χ1) is 9.42. The summed E-state index contributed by atoms with van der Waals surface area (Å²) in [6.07, 6.45) is -2.56. The number of halogens is 2. The number of carbonyl (C=O) groups is 1. The van der Waals surface area contributed by atoms with E-state index in [1.807, 2.05) is 13.8 Å². The maximum Gasteiger partial charge on any atom is 0.251 e. The average Bonchev–Trinajstić information content (AvgIpc) is 2.76. The van der Waals surface area contributed by atoms with Crippen molar-refractivity contribution in [2.75, 3.05) is 31.6 Å². The number of alkyl halides is 2. The van der Waals surface area contributed by atoms with Crippen LogP contribution in [-0.4, -0.2) is 53.7 Å². The monoisotopic (exact) mass is 291 g/mol. The van der Waals surface area contributed by atoms with Crippen LogP contribution in [0.15, 0.2) is 10.6 Å². The summed E-state index contributed by atoms with van der Waals surface area (Å²) in [5, 5.41) is 15.0. The number of aliphatic hydroxyl groups excluding tert-OH is 1. The van der Waals surface area contributed by atoms with Gasteiger partial charge >= 0.3 is 0 Å². The Labute approximate surface area is 115 Å². The second-order valence-corrected chi connectivity index (χ2v) is 4.67. The van der Waals surface area contributed by atoms with Gasteiger partial charge in [0.1, 0.15) is 0 Å². The van der Waals surface area contributed by atoms with Crippen molar-refractivity contribution in [3.8, 4) is 0 Å². The summed E-state index contributed by atoms with van der Waals surface area (Å²) < 4.78 is 29.5. The van der Waals surface area contributed by atoms with Crippen LogP contribution < -0.4 is 5.32 Å². The molecule has 0 radical (unpaired) electrons. The molecule has 0 fully saturated rings. The van der Waals surface area contributed by atoms with Gasteiger partial charge in [-0.2, -0.15) is 0 Å². The third kappa shape index (κ3) is 5.62. The molecule has 1 amide bonds. The Balaban J connectivity index is 2.51. The van der Waals surface area contributed by atoms with Crippen molar-refractivity contribution in [1.29, 1.82) is 0 Å². The van der Waals surface area contributed by atoms with E-state index >= 15 is 0 Å². The normalized spacial score (nSPS) is 11.6. The largest absolute Gasteiger partial charge is 0.395 e. The number of hydrogen-bond acceptors (Lipinski definition) is 5. The smallest absolute Gasteiger partial charge is 0.251 e. The number of nitrogens with one attached hydrogen (secondary N) is 1. The first-order valence-electron chi connectivity index (χ1n) is 6.30. The highest BCUT2D eigenvalue weighted by atomic mass is 19.3. The number of rotatable bonds is 8. The number of carbonyl (C=O) groups excluding carboxylic acids is 1. The SMILES string of the molecule is CC(C)c1cc(NC(=O)CN(CCO)CC(F)F)on1. The summed E-state index contributed by atoms with van der Waals surface area (Å²) >= 11 is 0. The van der Waals surface area contributed by atoms with E-state index in [1.165, 1.54) is 4.90 Å². The highest BCUT2D eigenvalue weighted by molar-refractivity contribution is 5.90. The minimum absolute atomic E-state index is 0.00537. The molecule has 0 aliphatic rings. The van der Waals surface area contributed by atoms with Crippen LogP contribution >= 0.6 is 0 Å². The number of nitrogens with zero attached hydrogens (tertiary/aromatic N) is 2. The third-order valence-electron chi connectivity index (χ3n) is 2.56. The molecule has 0 saturated heterocycles. The molecule has 1 heterocycles. The lowest BCUT2D eigenvalue weighted by atomic mass is 10.1. The lowest BCUT2D eigenvalue weighted by molar-refractivity contribution is -0.117. The van der Waals surface area contributed by atoms with Gasteiger partial charge in [-0.15, -0.1) is 0 Å². The Morgan fingerprint density at radius 2 is 2.25 bits per heavy atom. The predicted octanol–water partition coefficient (Wildman–Crippen LogP) is 1.30. The minimum atomic E-state index is -2.56. The van der Waals surface area contributed by atoms with Gasteiger partial charge in [0.15, 0.2) is 0 Å². The molecule has 114 valence electrons. The lowest BCUT2D eigenvalue weighted by Gasteiger charge is -2.19. The van der Waals surface area contributed by atoms with E-state index < -0.39 is 18.9 Å². The summed E-state index contributed by atoms with van der Waals surface area (Å²) in [7, 11) is 0. The minimum Gasteiger partial charge on any atom is -0.395 e. The topological polar surface area (TPSA) is 78.6 Å². The fourth-order valence-electron chi connectivity index (χ4n) is 1.57. The Bertz CT molecular complexity index is 424. The van der Waals surface area contributed by atoms with E-state index in [0.29, 0.717) is 5.69 Å². The van der Waals surface area contributed by atoms with E-state index in [0.717, 1.165) is 0 Å². The van der Waals surface area contributed by atoms with Crippen LogP contribution in [0.3, 0.4) is 0 Å². The van der Waals surface area contributed by atoms with E-state index in [2.05, 4.69) is 10.5 Å². The third-order valence-corrected chi connectivity index (χ3v) is 2.56. The molecule has 0 bridgehead atoms. The highest BCUT2D eigenvalue weighted by Crippen LogP contribution is 2.17. The fourth-order valence-corrected chi connectivity index (χ4v) is 1.57. The fraction of sp³-hybridized carbons (Fsp3) is 0.667. The van der Waals surface area contributed by atoms with Crippen molar-refractivity contribution in [3.05, 3.63) is 11.8 Å². The van der Waals surface area contributed by atoms with Gasteiger partial charge in [0, 0.05) is 12.6 Å². The van der Waals surface area contributed by atoms with Crippen LogP contribution in [0, 0.1) is 0 Å². The predicted molar refractivity (Wildman–Crippen MR) is 68.8 cm³/mol. The quantitative estimate of drug-likeness (QED) is 0.754. The second kappa shape index (κ2) is 7.91. The van der Waals surface area contributed by atoms with E-state index in [-0.39, 0.29) is 31.5 Å². The van der Waals surface area contributed by atoms with E-state index in [9.17, 15) is 13.6 Å². The molecule has 20 heavy (non-hydrogen) atoms. The number of amides is 1. The van der Waals surface area contributed by atoms with Crippen LogP contribution in [0.25, 0.3) is 0 Å². The summed E-state index contributed by atoms with van der Waals surface area (Å²) in [5.41, 5.74) is 0.695. The molecule has 0 saturated carbocycles. The highest BCUT2D eigenvalue weighted by Gasteiger charge is 2.16. The zero-order valence-corrected chi connectivity index (χ0v) is 11.5. The van der Waals surface area contributed by atoms with Crippen LogP contribution in [0.2, 0.25) is 0 Å². The number of aliphatic hydroxyl groups is 1. The summed E-state index contributed by atoms with van der Waals surface area (Å²) in [6.45, 7) is 2.75. The molecule has 0 spiro atoms. The van der Waals surface area contributed by atoms with Gasteiger partial charge in [0.05, 0.1) is 25.4 Å². The van der Waals surface area contributed by atoms with Crippen molar-refractivity contribution >= 4 is 11.8 Å². The zero-order chi connectivity index (χ0) is 15.1. The van der Waals surface area contributed by atoms with E-state index in [4.69, 9.17) is 9.63 Å². The van der Waals surface area contributed by atoms with Crippen LogP contribution in [0.4, 0.5) is 14.7 Å². The van der Waals surface area contributed by atoms with Gasteiger partial charge in [0.25, 0.3) is 6.43 Å². The molecule has 6 nitrogen and oxygen atoms in total. The first kappa shape index (κ1) is 16.5. The van der Waals surface area contributed by atoms with Crippen molar-refractivity contribution in [1.82, 2.24) is 10.1 Å². The number of hydrogen-bond donors (Lipinski definition) is 2. The molecule has 1 rings (SSSR count). The molecule has 0 aromatic carbocycles. The molecular formula is C12H19F2N3O3. The van der Waals surface area contributed by atoms with Gasteiger partial charge < -0.3 is 9.63 Å². The molecule has 2 N–H and O–H groups in total. The number of aromatic nitrogens is 1. The molecule has 8 heteroatoms. The summed E-state index contributed by atoms with van der Waals surface area (Å²) in [5.74, 6) is -0.153. The van der Waals surface area contributed by atoms with Crippen molar-refractivity contribution in [2.45, 2.75) is 26.2 Å². The Morgan fingerprint density at radius 3 is 2.75 bits per heavy atom. The second-order valence-electron chi connectivity index (χ2n) is 4.67. The molecule has 1 aromatic heterocycles. The standard InChI is InChI=1S/C12H19F2N3O3/c1-8(2)9-5-12(20-16-9)15-11(19)7-17(3-4-18)6-10(13)14/h5,8,10,18H,3-4,6-7H2,1-2H3,(H,15,19). The maximum absolute atomic E-state index is 12.3. The van der Waals surface area contributed by atoms with Crippen molar-refractivity contribution in [3.63, 3.8) is 0 Å². The van der Waals surface area contributed by atoms with Crippen LogP contribution in [0.1, 0.15) is 25.5 Å². The molecule has 0 atom stereocenters. The van der Waals surface area contributed by atoms with Crippen LogP contribution in [0.5, 0.6) is 0 Å². The zero-order valence-electron chi connectivity index (χ0n) is 11.5. The van der Waals surface area contributed by atoms with Gasteiger partial charge in [-0.1, -0.05) is 19.0 Å². The maximum atomic E-state index is 12.3. The Hall–Kier alpha value is -1.54. The lowest BCUT2D eigenvalue weighted by Crippen LogP contribution is -2.38. The number of anilines is 1. The molecule has 0 unspecified atom stereocenters. The van der Waals surface area contributed by atoms with Crippen LogP contribution in [-0.2, 0) is 4.79 Å². The summed E-state index contributed by atoms with van der Waals surface area (Å²) in [6, 6.07) is 1.59. The van der Waals surface area contributed by atoms with Gasteiger partial charge in [-0.25, -0.2) is 8.78 Å². The van der Waals surface area contributed by atoms with Gasteiger partial charge in [0.2, 0.25) is 11.8 Å². The Morgan fingerprint density at radius 1 is 1.55 bits per heavy atom.